The first-order valence-corrected chi connectivity index (χ1v) is 6.98. The number of halogens is 1. The fourth-order valence-electron chi connectivity index (χ4n) is 1.83. The van der Waals surface area contributed by atoms with Gasteiger partial charge < -0.3 is 15.2 Å². The van der Waals surface area contributed by atoms with Crippen LogP contribution in [0.4, 0.5) is 0 Å². The minimum atomic E-state index is -0.160. The number of aliphatic hydroxyl groups is 1. The molecule has 0 unspecified atom stereocenters. The van der Waals surface area contributed by atoms with Crippen LogP contribution in [0.3, 0.4) is 0 Å². The number of nitrogens with one attached hydrogen (secondary N) is 1. The van der Waals surface area contributed by atoms with Gasteiger partial charge in [-0.3, -0.25) is 4.79 Å². The summed E-state index contributed by atoms with van der Waals surface area (Å²) in [6.07, 6.45) is 0.731. The first kappa shape index (κ1) is 16.1. The average Bonchev–Trinajstić information content (AvgIpc) is 2.39. The molecule has 5 heteroatoms. The van der Waals surface area contributed by atoms with Crippen molar-refractivity contribution in [1.82, 2.24) is 5.32 Å². The number of methoxy groups -OCH3 is 1. The lowest BCUT2D eigenvalue weighted by Crippen LogP contribution is -2.34. The summed E-state index contributed by atoms with van der Waals surface area (Å²) in [7, 11) is 1.48. The van der Waals surface area contributed by atoms with Crippen LogP contribution in [0.2, 0.25) is 0 Å². The molecule has 19 heavy (non-hydrogen) atoms. The van der Waals surface area contributed by atoms with E-state index in [0.29, 0.717) is 6.54 Å². The van der Waals surface area contributed by atoms with E-state index in [9.17, 15) is 9.90 Å². The van der Waals surface area contributed by atoms with Gasteiger partial charge in [0.2, 0.25) is 5.91 Å². The van der Waals surface area contributed by atoms with Crippen LogP contribution >= 0.6 is 15.9 Å². The lowest BCUT2D eigenvalue weighted by molar-refractivity contribution is -0.124. The summed E-state index contributed by atoms with van der Waals surface area (Å²) in [5.41, 5.74) is 2.35. The number of carbonyl (C=O) groups excluding carboxylic acids is 1. The Morgan fingerprint density at radius 2 is 2.26 bits per heavy atom. The number of ether oxygens (including phenoxy) is 1. The molecule has 0 radical (unpaired) electrons. The van der Waals surface area contributed by atoms with Crippen molar-refractivity contribution < 1.29 is 14.6 Å². The van der Waals surface area contributed by atoms with Gasteiger partial charge in [-0.25, -0.2) is 0 Å². The molecule has 4 nitrogen and oxygen atoms in total. The van der Waals surface area contributed by atoms with E-state index < -0.39 is 0 Å². The zero-order chi connectivity index (χ0) is 14.3. The molecule has 2 N–H and O–H groups in total. The van der Waals surface area contributed by atoms with Crippen LogP contribution in [-0.4, -0.2) is 37.9 Å². The minimum absolute atomic E-state index is 0.00815. The van der Waals surface area contributed by atoms with E-state index in [1.54, 1.807) is 0 Å². The van der Waals surface area contributed by atoms with Crippen LogP contribution in [0, 0.1) is 12.8 Å². The van der Waals surface area contributed by atoms with E-state index in [2.05, 4.69) is 21.2 Å². The Balaban J connectivity index is 2.57. The summed E-state index contributed by atoms with van der Waals surface area (Å²) in [5, 5.41) is 12.1. The molecule has 0 aliphatic carbocycles. The van der Waals surface area contributed by atoms with E-state index in [1.807, 2.05) is 25.1 Å². The van der Waals surface area contributed by atoms with Crippen LogP contribution in [0.15, 0.2) is 22.7 Å². The molecule has 1 aromatic carbocycles. The second-order valence-electron chi connectivity index (χ2n) is 4.51. The Hall–Kier alpha value is -0.910. The SMILES string of the molecule is COCC(=O)NC[C@@H](CO)Cc1cccc(Br)c1C. The van der Waals surface area contributed by atoms with Crippen LogP contribution in [-0.2, 0) is 16.0 Å². The number of hydrogen-bond donors (Lipinski definition) is 2. The minimum Gasteiger partial charge on any atom is -0.396 e. The van der Waals surface area contributed by atoms with Gasteiger partial charge in [0, 0.05) is 30.7 Å². The first-order valence-electron chi connectivity index (χ1n) is 6.19. The molecule has 1 aromatic rings. The first-order chi connectivity index (χ1) is 9.08. The Morgan fingerprint density at radius 1 is 1.53 bits per heavy atom. The zero-order valence-electron chi connectivity index (χ0n) is 11.3. The predicted molar refractivity (Wildman–Crippen MR) is 78.0 cm³/mol. The smallest absolute Gasteiger partial charge is 0.245 e. The van der Waals surface area contributed by atoms with Gasteiger partial charge in [-0.05, 0) is 30.5 Å². The third kappa shape index (κ3) is 5.30. The van der Waals surface area contributed by atoms with Gasteiger partial charge in [0.1, 0.15) is 6.61 Å². The molecular weight excluding hydrogens is 310 g/mol. The van der Waals surface area contributed by atoms with Gasteiger partial charge in [0.25, 0.3) is 0 Å². The topological polar surface area (TPSA) is 58.6 Å². The number of carbonyl (C=O) groups is 1. The van der Waals surface area contributed by atoms with Gasteiger partial charge in [-0.2, -0.15) is 0 Å². The van der Waals surface area contributed by atoms with Crippen molar-refractivity contribution in [3.63, 3.8) is 0 Å². The molecule has 0 saturated heterocycles. The fraction of sp³-hybridized carbons (Fsp3) is 0.500. The van der Waals surface area contributed by atoms with E-state index in [4.69, 9.17) is 4.74 Å². The number of aliphatic hydroxyl groups excluding tert-OH is 1. The summed E-state index contributed by atoms with van der Waals surface area (Å²) in [6.45, 7) is 2.58. The molecule has 1 amide bonds. The summed E-state index contributed by atoms with van der Waals surface area (Å²) in [6, 6.07) is 6.01. The molecule has 0 aromatic heterocycles. The summed E-state index contributed by atoms with van der Waals surface area (Å²) >= 11 is 3.49. The van der Waals surface area contributed by atoms with Crippen LogP contribution in [0.1, 0.15) is 11.1 Å². The summed E-state index contributed by atoms with van der Waals surface area (Å²) < 4.78 is 5.80. The Labute approximate surface area is 122 Å². The predicted octanol–water partition coefficient (Wildman–Crippen LogP) is 1.67. The van der Waals surface area contributed by atoms with Crippen LogP contribution < -0.4 is 5.32 Å². The van der Waals surface area contributed by atoms with E-state index in [1.165, 1.54) is 18.2 Å². The third-order valence-corrected chi connectivity index (χ3v) is 3.87. The number of benzene rings is 1. The maximum Gasteiger partial charge on any atom is 0.245 e. The molecule has 0 bridgehead atoms. The molecule has 1 atom stereocenters. The Morgan fingerprint density at radius 3 is 2.89 bits per heavy atom. The van der Waals surface area contributed by atoms with Gasteiger partial charge >= 0.3 is 0 Å². The molecule has 0 fully saturated rings. The van der Waals surface area contributed by atoms with Crippen molar-refractivity contribution in [2.45, 2.75) is 13.3 Å². The third-order valence-electron chi connectivity index (χ3n) is 3.01. The Bertz CT molecular complexity index is 423. The van der Waals surface area contributed by atoms with E-state index in [-0.39, 0.29) is 25.0 Å². The van der Waals surface area contributed by atoms with E-state index in [0.717, 1.165) is 10.9 Å². The van der Waals surface area contributed by atoms with E-state index >= 15 is 0 Å². The molecule has 0 saturated carbocycles. The van der Waals surface area contributed by atoms with Crippen LogP contribution in [0.5, 0.6) is 0 Å². The molecule has 1 rings (SSSR count). The molecule has 0 aliphatic rings. The van der Waals surface area contributed by atoms with Gasteiger partial charge in [-0.15, -0.1) is 0 Å². The van der Waals surface area contributed by atoms with Crippen molar-refractivity contribution in [2.24, 2.45) is 5.92 Å². The standard InChI is InChI=1S/C14H20BrNO3/c1-10-12(4-3-5-13(10)15)6-11(8-17)7-16-14(18)9-19-2/h3-5,11,17H,6-9H2,1-2H3,(H,16,18)/t11-/m0/s1. The zero-order valence-corrected chi connectivity index (χ0v) is 12.9. The van der Waals surface area contributed by atoms with Crippen molar-refractivity contribution in [3.05, 3.63) is 33.8 Å². The highest BCUT2D eigenvalue weighted by Crippen LogP contribution is 2.21. The number of hydrogen-bond acceptors (Lipinski definition) is 3. The normalized spacial score (nSPS) is 12.2. The Kier molecular flexibility index (Phi) is 7.05. The molecular formula is C14H20BrNO3. The lowest BCUT2D eigenvalue weighted by atomic mass is 9.96. The molecule has 106 valence electrons. The summed E-state index contributed by atoms with van der Waals surface area (Å²) in [4.78, 5) is 11.3. The monoisotopic (exact) mass is 329 g/mol. The second-order valence-corrected chi connectivity index (χ2v) is 5.37. The second kappa shape index (κ2) is 8.30. The number of amides is 1. The quantitative estimate of drug-likeness (QED) is 0.800. The van der Waals surface area contributed by atoms with Crippen molar-refractivity contribution in [1.29, 1.82) is 0 Å². The number of rotatable bonds is 7. The van der Waals surface area contributed by atoms with Gasteiger partial charge in [0.15, 0.2) is 0 Å². The van der Waals surface area contributed by atoms with Crippen molar-refractivity contribution in [2.75, 3.05) is 26.9 Å². The largest absolute Gasteiger partial charge is 0.396 e. The van der Waals surface area contributed by atoms with Crippen molar-refractivity contribution in [3.8, 4) is 0 Å². The molecule has 0 aliphatic heterocycles. The summed E-state index contributed by atoms with van der Waals surface area (Å²) in [5.74, 6) is -0.152. The average molecular weight is 330 g/mol. The van der Waals surface area contributed by atoms with Gasteiger partial charge in [-0.1, -0.05) is 28.1 Å². The highest BCUT2D eigenvalue weighted by Gasteiger charge is 2.12. The maximum atomic E-state index is 11.3. The fourth-order valence-corrected chi connectivity index (χ4v) is 2.23. The molecule has 0 heterocycles. The highest BCUT2D eigenvalue weighted by molar-refractivity contribution is 9.10. The highest BCUT2D eigenvalue weighted by atomic mass is 79.9. The van der Waals surface area contributed by atoms with Crippen molar-refractivity contribution >= 4 is 21.8 Å². The van der Waals surface area contributed by atoms with Crippen LogP contribution in [0.25, 0.3) is 0 Å². The van der Waals surface area contributed by atoms with Gasteiger partial charge in [0.05, 0.1) is 0 Å². The lowest BCUT2D eigenvalue weighted by Gasteiger charge is -2.17. The maximum absolute atomic E-state index is 11.3. The molecule has 0 spiro atoms.